The molecule has 3 aliphatic rings. The van der Waals surface area contributed by atoms with Gasteiger partial charge in [-0.3, -0.25) is 4.79 Å². The van der Waals surface area contributed by atoms with E-state index in [0.29, 0.717) is 44.4 Å². The van der Waals surface area contributed by atoms with Crippen LogP contribution >= 0.6 is 24.0 Å². The highest BCUT2D eigenvalue weighted by atomic mass is 35.5. The summed E-state index contributed by atoms with van der Waals surface area (Å²) in [4.78, 5) is 15.2. The molecule has 2 N–H and O–H groups in total. The molecule has 1 aromatic rings. The fraction of sp³-hybridized carbons (Fsp3) is 0.611. The van der Waals surface area contributed by atoms with E-state index in [1.807, 2.05) is 29.2 Å². The second-order valence-electron chi connectivity index (χ2n) is 7.61. The number of aliphatic hydroxyl groups excluding tert-OH is 1. The van der Waals surface area contributed by atoms with E-state index in [-0.39, 0.29) is 41.7 Å². The topological polar surface area (TPSA) is 61.8 Å². The lowest BCUT2D eigenvalue weighted by Crippen LogP contribution is -2.63. The summed E-state index contributed by atoms with van der Waals surface area (Å²) in [7, 11) is 0. The van der Waals surface area contributed by atoms with Gasteiger partial charge in [-0.25, -0.2) is 0 Å². The maximum atomic E-state index is 13.2. The van der Waals surface area contributed by atoms with Crippen molar-refractivity contribution in [3.8, 4) is 0 Å². The Balaban J connectivity index is 0.00000182. The zero-order valence-electron chi connectivity index (χ0n) is 14.0. The molecule has 0 aliphatic carbocycles. The van der Waals surface area contributed by atoms with Crippen LogP contribution in [-0.4, -0.2) is 61.9 Å². The third kappa shape index (κ3) is 3.17. The second kappa shape index (κ2) is 7.05. The lowest BCUT2D eigenvalue weighted by molar-refractivity contribution is -0.145. The molecule has 3 fully saturated rings. The van der Waals surface area contributed by atoms with Crippen LogP contribution in [0.15, 0.2) is 24.3 Å². The van der Waals surface area contributed by atoms with Gasteiger partial charge in [0.25, 0.3) is 0 Å². The van der Waals surface area contributed by atoms with Gasteiger partial charge in [0.1, 0.15) is 0 Å². The van der Waals surface area contributed by atoms with E-state index in [4.69, 9.17) is 16.3 Å². The number of fused-ring (bicyclic) bond motifs is 1. The molecule has 1 amide bonds. The molecule has 3 aliphatic heterocycles. The minimum atomic E-state index is -0.371. The van der Waals surface area contributed by atoms with Crippen molar-refractivity contribution in [3.63, 3.8) is 0 Å². The number of rotatable bonds is 4. The zero-order chi connectivity index (χ0) is 16.8. The third-order valence-corrected chi connectivity index (χ3v) is 6.21. The molecule has 0 radical (unpaired) electrons. The predicted octanol–water partition coefficient (Wildman–Crippen LogP) is 1.36. The van der Waals surface area contributed by atoms with Crippen LogP contribution in [-0.2, 0) is 16.0 Å². The van der Waals surface area contributed by atoms with Gasteiger partial charge in [0.15, 0.2) is 0 Å². The van der Waals surface area contributed by atoms with Gasteiger partial charge in [-0.2, -0.15) is 0 Å². The number of carbonyl (C=O) groups excluding carboxylic acids is 1. The molecule has 3 saturated heterocycles. The molecule has 0 bridgehead atoms. The van der Waals surface area contributed by atoms with Gasteiger partial charge in [-0.1, -0.05) is 23.7 Å². The number of ether oxygens (including phenoxy) is 1. The minimum absolute atomic E-state index is 0. The third-order valence-electron chi connectivity index (χ3n) is 5.96. The largest absolute Gasteiger partial charge is 0.396 e. The number of nitrogens with zero attached hydrogens (tertiary/aromatic N) is 1. The van der Waals surface area contributed by atoms with Crippen LogP contribution in [0.3, 0.4) is 0 Å². The molecule has 138 valence electrons. The minimum Gasteiger partial charge on any atom is -0.396 e. The summed E-state index contributed by atoms with van der Waals surface area (Å²) in [5, 5.41) is 13.8. The number of hydrogen-bond donors (Lipinski definition) is 2. The molecule has 1 aromatic carbocycles. The predicted molar refractivity (Wildman–Crippen MR) is 98.1 cm³/mol. The van der Waals surface area contributed by atoms with Gasteiger partial charge in [0, 0.05) is 42.5 Å². The normalized spacial score (nSPS) is 29.7. The molecule has 0 aromatic heterocycles. The van der Waals surface area contributed by atoms with Crippen LogP contribution in [0.25, 0.3) is 0 Å². The van der Waals surface area contributed by atoms with E-state index < -0.39 is 0 Å². The van der Waals surface area contributed by atoms with E-state index in [1.54, 1.807) is 0 Å². The van der Waals surface area contributed by atoms with Gasteiger partial charge in [-0.15, -0.1) is 12.4 Å². The number of hydrogen-bond acceptors (Lipinski definition) is 4. The molecule has 0 spiro atoms. The van der Waals surface area contributed by atoms with Crippen LogP contribution in [0, 0.1) is 16.7 Å². The molecule has 0 unspecified atom stereocenters. The smallest absolute Gasteiger partial charge is 0.231 e. The Morgan fingerprint density at radius 2 is 2.08 bits per heavy atom. The summed E-state index contributed by atoms with van der Waals surface area (Å²) >= 11 is 5.96. The van der Waals surface area contributed by atoms with Crippen LogP contribution in [0.5, 0.6) is 0 Å². The molecule has 5 nitrogen and oxygen atoms in total. The van der Waals surface area contributed by atoms with E-state index in [2.05, 4.69) is 5.32 Å². The Kier molecular flexibility index (Phi) is 5.33. The number of benzene rings is 1. The standard InChI is InChI=1S/C18H23ClN2O3.ClH/c19-15-3-1-13(2-4-15)5-17(8-20-9-17)16(23)21-6-14-7-24-12-18(14,10-21)11-22;/h1-4,14,20,22H,5-12H2;1H/t14-,18-;/m0./s1. The Labute approximate surface area is 159 Å². The first kappa shape index (κ1) is 18.9. The molecular formula is C18H24Cl2N2O3. The van der Waals surface area contributed by atoms with Crippen molar-refractivity contribution < 1.29 is 14.6 Å². The number of aliphatic hydroxyl groups is 1. The lowest BCUT2D eigenvalue weighted by atomic mass is 9.75. The molecule has 25 heavy (non-hydrogen) atoms. The first-order chi connectivity index (χ1) is 11.6. The van der Waals surface area contributed by atoms with Gasteiger partial charge < -0.3 is 20.1 Å². The van der Waals surface area contributed by atoms with E-state index in [0.717, 1.165) is 12.0 Å². The number of halogens is 2. The lowest BCUT2D eigenvalue weighted by Gasteiger charge is -2.44. The van der Waals surface area contributed by atoms with Crippen molar-refractivity contribution in [1.82, 2.24) is 10.2 Å². The highest BCUT2D eigenvalue weighted by Gasteiger charge is 2.55. The average Bonchev–Trinajstić information content (AvgIpc) is 3.09. The molecule has 4 rings (SSSR count). The highest BCUT2D eigenvalue weighted by molar-refractivity contribution is 6.30. The zero-order valence-corrected chi connectivity index (χ0v) is 15.6. The maximum Gasteiger partial charge on any atom is 0.231 e. The second-order valence-corrected chi connectivity index (χ2v) is 8.04. The van der Waals surface area contributed by atoms with Crippen molar-refractivity contribution >= 4 is 29.9 Å². The Morgan fingerprint density at radius 3 is 2.64 bits per heavy atom. The Bertz CT molecular complexity index is 636. The summed E-state index contributed by atoms with van der Waals surface area (Å²) in [6, 6.07) is 7.74. The van der Waals surface area contributed by atoms with Crippen molar-refractivity contribution in [2.75, 3.05) is 46.0 Å². The van der Waals surface area contributed by atoms with Gasteiger partial charge in [0.05, 0.1) is 25.2 Å². The summed E-state index contributed by atoms with van der Waals surface area (Å²) < 4.78 is 5.54. The summed E-state index contributed by atoms with van der Waals surface area (Å²) in [6.45, 7) is 4.00. The van der Waals surface area contributed by atoms with E-state index in [1.165, 1.54) is 0 Å². The molecule has 2 atom stereocenters. The number of amides is 1. The van der Waals surface area contributed by atoms with Gasteiger partial charge >= 0.3 is 0 Å². The summed E-state index contributed by atoms with van der Waals surface area (Å²) in [6.07, 6.45) is 0.722. The van der Waals surface area contributed by atoms with Crippen LogP contribution < -0.4 is 5.32 Å². The van der Waals surface area contributed by atoms with Crippen molar-refractivity contribution in [2.24, 2.45) is 16.7 Å². The SMILES string of the molecule is Cl.O=C(N1C[C@H]2COC[C@@]2(CO)C1)C1(Cc2ccc(Cl)cc2)CNC1. The van der Waals surface area contributed by atoms with Crippen molar-refractivity contribution in [2.45, 2.75) is 6.42 Å². The van der Waals surface area contributed by atoms with Crippen LogP contribution in [0.1, 0.15) is 5.56 Å². The number of likely N-dealkylation sites (tertiary alicyclic amines) is 1. The monoisotopic (exact) mass is 386 g/mol. The van der Waals surface area contributed by atoms with Crippen molar-refractivity contribution in [3.05, 3.63) is 34.9 Å². The first-order valence-corrected chi connectivity index (χ1v) is 8.88. The molecular weight excluding hydrogens is 363 g/mol. The molecule has 7 heteroatoms. The Hall–Kier alpha value is -0.850. The Morgan fingerprint density at radius 1 is 1.36 bits per heavy atom. The van der Waals surface area contributed by atoms with Gasteiger partial charge in [-0.05, 0) is 24.1 Å². The number of nitrogens with one attached hydrogen (secondary N) is 1. The fourth-order valence-electron chi connectivity index (χ4n) is 4.32. The van der Waals surface area contributed by atoms with Gasteiger partial charge in [0.2, 0.25) is 5.91 Å². The summed E-state index contributed by atoms with van der Waals surface area (Å²) in [5.74, 6) is 0.463. The maximum absolute atomic E-state index is 13.2. The average molecular weight is 387 g/mol. The first-order valence-electron chi connectivity index (χ1n) is 8.50. The van der Waals surface area contributed by atoms with E-state index >= 15 is 0 Å². The molecule has 3 heterocycles. The molecule has 0 saturated carbocycles. The summed E-state index contributed by atoms with van der Waals surface area (Å²) in [5.41, 5.74) is 0.506. The van der Waals surface area contributed by atoms with Crippen LogP contribution in [0.2, 0.25) is 5.02 Å². The van der Waals surface area contributed by atoms with Crippen molar-refractivity contribution in [1.29, 1.82) is 0 Å². The fourth-order valence-corrected chi connectivity index (χ4v) is 4.44. The van der Waals surface area contributed by atoms with Crippen LogP contribution in [0.4, 0.5) is 0 Å². The number of carbonyl (C=O) groups is 1. The highest BCUT2D eigenvalue weighted by Crippen LogP contribution is 2.43. The quantitative estimate of drug-likeness (QED) is 0.819. The van der Waals surface area contributed by atoms with E-state index in [9.17, 15) is 9.90 Å².